The number of rotatable bonds is 5. The second-order valence-electron chi connectivity index (χ2n) is 7.70. The molecule has 0 saturated heterocycles. The highest BCUT2D eigenvalue weighted by molar-refractivity contribution is 6.56. The third-order valence-electron chi connectivity index (χ3n) is 5.71. The number of hydrogen-bond acceptors (Lipinski definition) is 3. The number of H-pyrrole nitrogens is 1. The first-order valence-electron chi connectivity index (χ1n) is 8.90. The summed E-state index contributed by atoms with van der Waals surface area (Å²) in [6.07, 6.45) is 7.65. The van der Waals surface area contributed by atoms with Gasteiger partial charge in [0.05, 0.1) is 11.0 Å². The van der Waals surface area contributed by atoms with E-state index in [9.17, 15) is 4.79 Å². The molecule has 2 aromatic rings. The molecule has 1 unspecified atom stereocenters. The van der Waals surface area contributed by atoms with Crippen molar-refractivity contribution in [3.05, 3.63) is 58.4 Å². The molecule has 1 aromatic carbocycles. The fourth-order valence-electron chi connectivity index (χ4n) is 4.25. The van der Waals surface area contributed by atoms with E-state index in [1.165, 1.54) is 0 Å². The quantitative estimate of drug-likeness (QED) is 0.666. The van der Waals surface area contributed by atoms with Crippen LogP contribution in [-0.4, -0.2) is 22.0 Å². The smallest absolute Gasteiger partial charge is 0.293 e. The van der Waals surface area contributed by atoms with Gasteiger partial charge in [0.15, 0.2) is 0 Å². The third-order valence-corrected chi connectivity index (χ3v) is 5.93. The molecule has 4 rings (SSSR count). The summed E-state index contributed by atoms with van der Waals surface area (Å²) in [4.78, 5) is 19.1. The number of imidazole rings is 1. The molecule has 27 heavy (non-hydrogen) atoms. The van der Waals surface area contributed by atoms with Crippen LogP contribution >= 0.6 is 23.2 Å². The maximum absolute atomic E-state index is 11.0. The molecule has 1 atom stereocenters. The predicted molar refractivity (Wildman–Crippen MR) is 108 cm³/mol. The van der Waals surface area contributed by atoms with Gasteiger partial charge in [0.1, 0.15) is 15.9 Å². The van der Waals surface area contributed by atoms with E-state index in [-0.39, 0.29) is 15.8 Å². The zero-order valence-corrected chi connectivity index (χ0v) is 16.6. The molecule has 1 heterocycles. The van der Waals surface area contributed by atoms with Gasteiger partial charge in [-0.3, -0.25) is 4.79 Å². The average Bonchev–Trinajstić information content (AvgIpc) is 3.25. The van der Waals surface area contributed by atoms with Crippen molar-refractivity contribution in [2.75, 3.05) is 0 Å². The Kier molecular flexibility index (Phi) is 4.44. The van der Waals surface area contributed by atoms with Crippen LogP contribution in [-0.2, 0) is 9.53 Å². The van der Waals surface area contributed by atoms with Gasteiger partial charge in [-0.05, 0) is 36.6 Å². The molecule has 2 aliphatic rings. The van der Waals surface area contributed by atoms with Gasteiger partial charge in [-0.2, -0.15) is 0 Å². The lowest BCUT2D eigenvalue weighted by Gasteiger charge is -2.41. The minimum atomic E-state index is -0.445. The van der Waals surface area contributed by atoms with Gasteiger partial charge in [-0.25, -0.2) is 4.98 Å². The number of ether oxygens (including phenoxy) is 1. The number of carbonyl (C=O) groups excluding carboxylic acids is 1. The monoisotopic (exact) mass is 402 g/mol. The van der Waals surface area contributed by atoms with Gasteiger partial charge < -0.3 is 9.72 Å². The predicted octanol–water partition coefficient (Wildman–Crippen LogP) is 5.55. The van der Waals surface area contributed by atoms with E-state index in [0.717, 1.165) is 40.8 Å². The fourth-order valence-corrected chi connectivity index (χ4v) is 4.47. The van der Waals surface area contributed by atoms with Crippen LogP contribution in [0.2, 0.25) is 0 Å². The number of nitrogens with zero attached hydrogens (tertiary/aromatic N) is 1. The van der Waals surface area contributed by atoms with Crippen molar-refractivity contribution < 1.29 is 9.53 Å². The molecule has 0 bridgehead atoms. The Balaban J connectivity index is 1.86. The number of benzene rings is 1. The van der Waals surface area contributed by atoms with Crippen LogP contribution in [0.25, 0.3) is 16.6 Å². The van der Waals surface area contributed by atoms with Crippen LogP contribution in [0.5, 0.6) is 0 Å². The first-order valence-corrected chi connectivity index (χ1v) is 9.65. The van der Waals surface area contributed by atoms with Crippen molar-refractivity contribution >= 4 is 46.3 Å². The summed E-state index contributed by atoms with van der Waals surface area (Å²) in [5, 5.41) is 0. The minimum absolute atomic E-state index is 0.0299. The molecular weight excluding hydrogens is 383 g/mol. The molecule has 4 nitrogen and oxygen atoms in total. The lowest BCUT2D eigenvalue weighted by molar-refractivity contribution is -0.139. The van der Waals surface area contributed by atoms with Crippen LogP contribution in [0, 0.1) is 11.3 Å². The van der Waals surface area contributed by atoms with Crippen molar-refractivity contribution in [3.63, 3.8) is 0 Å². The Morgan fingerprint density at radius 3 is 2.67 bits per heavy atom. The Labute approximate surface area is 167 Å². The Bertz CT molecular complexity index is 960. The maximum Gasteiger partial charge on any atom is 0.293 e. The summed E-state index contributed by atoms with van der Waals surface area (Å²) < 4.78 is 5.68. The SMILES string of the molecule is CC1(C)C(C=C(Cl)Cl)=C(c2nc3ccccc3[nH]2)C=CC1C1(OC=O)CC1. The second-order valence-corrected chi connectivity index (χ2v) is 8.71. The highest BCUT2D eigenvalue weighted by Gasteiger charge is 2.57. The number of nitrogens with one attached hydrogen (secondary N) is 1. The topological polar surface area (TPSA) is 55.0 Å². The summed E-state index contributed by atoms with van der Waals surface area (Å²) in [7, 11) is 0. The number of fused-ring (bicyclic) bond motifs is 1. The molecular formula is C21H20Cl2N2O2. The van der Waals surface area contributed by atoms with E-state index < -0.39 is 5.60 Å². The average molecular weight is 403 g/mol. The fraction of sp³-hybridized carbons (Fsp3) is 0.333. The lowest BCUT2D eigenvalue weighted by atomic mass is 9.65. The van der Waals surface area contributed by atoms with Crippen LogP contribution in [0.15, 0.2) is 52.6 Å². The van der Waals surface area contributed by atoms with Crippen molar-refractivity contribution in [3.8, 4) is 0 Å². The molecule has 1 N–H and O–H groups in total. The summed E-state index contributed by atoms with van der Waals surface area (Å²) >= 11 is 12.1. The first-order chi connectivity index (χ1) is 12.9. The van der Waals surface area contributed by atoms with Gasteiger partial charge in [-0.15, -0.1) is 0 Å². The number of halogens is 2. The highest BCUT2D eigenvalue weighted by Crippen LogP contribution is 2.58. The minimum Gasteiger partial charge on any atom is -0.461 e. The summed E-state index contributed by atoms with van der Waals surface area (Å²) in [5.74, 6) is 0.795. The highest BCUT2D eigenvalue weighted by atomic mass is 35.5. The van der Waals surface area contributed by atoms with Gasteiger partial charge in [-0.1, -0.05) is 61.3 Å². The van der Waals surface area contributed by atoms with Crippen LogP contribution in [0.4, 0.5) is 0 Å². The van der Waals surface area contributed by atoms with E-state index in [1.807, 2.05) is 30.3 Å². The summed E-state index contributed by atoms with van der Waals surface area (Å²) in [6, 6.07) is 7.90. The molecule has 0 amide bonds. The van der Waals surface area contributed by atoms with E-state index in [2.05, 4.69) is 24.9 Å². The molecule has 0 spiro atoms. The number of allylic oxidation sites excluding steroid dienone is 4. The number of aromatic nitrogens is 2. The van der Waals surface area contributed by atoms with Crippen molar-refractivity contribution in [2.24, 2.45) is 11.3 Å². The van der Waals surface area contributed by atoms with Crippen molar-refractivity contribution in [1.29, 1.82) is 0 Å². The number of carbonyl (C=O) groups is 1. The van der Waals surface area contributed by atoms with Gasteiger partial charge >= 0.3 is 0 Å². The molecule has 0 aliphatic heterocycles. The van der Waals surface area contributed by atoms with Crippen LogP contribution in [0.3, 0.4) is 0 Å². The zero-order chi connectivity index (χ0) is 19.2. The van der Waals surface area contributed by atoms with E-state index >= 15 is 0 Å². The third kappa shape index (κ3) is 3.11. The standard InChI is InChI=1S/C21H20Cl2N2O2/c1-20(2)14(11-18(22)23)13(7-8-17(20)21(9-10-21)27-12-26)19-24-15-5-3-4-6-16(15)25-19/h3-8,11-12,17H,9-10H2,1-2H3,(H,24,25). The van der Waals surface area contributed by atoms with E-state index in [4.69, 9.17) is 32.9 Å². The van der Waals surface area contributed by atoms with Crippen LogP contribution < -0.4 is 0 Å². The summed E-state index contributed by atoms with van der Waals surface area (Å²) in [6.45, 7) is 4.81. The Morgan fingerprint density at radius 1 is 1.30 bits per heavy atom. The Hall–Kier alpha value is -2.04. The van der Waals surface area contributed by atoms with Crippen molar-refractivity contribution in [1.82, 2.24) is 9.97 Å². The Morgan fingerprint density at radius 2 is 2.04 bits per heavy atom. The van der Waals surface area contributed by atoms with Gasteiger partial charge in [0.25, 0.3) is 6.47 Å². The maximum atomic E-state index is 11.0. The van der Waals surface area contributed by atoms with Crippen LogP contribution in [0.1, 0.15) is 32.5 Å². The number of para-hydroxylation sites is 2. The molecule has 6 heteroatoms. The van der Waals surface area contributed by atoms with E-state index in [1.54, 1.807) is 6.08 Å². The molecule has 1 fully saturated rings. The zero-order valence-electron chi connectivity index (χ0n) is 15.1. The lowest BCUT2D eigenvalue weighted by Crippen LogP contribution is -2.39. The van der Waals surface area contributed by atoms with Gasteiger partial charge in [0.2, 0.25) is 0 Å². The molecule has 140 valence electrons. The van der Waals surface area contributed by atoms with Gasteiger partial charge in [0, 0.05) is 16.9 Å². The normalized spacial score (nSPS) is 22.6. The first kappa shape index (κ1) is 18.3. The summed E-state index contributed by atoms with van der Waals surface area (Å²) in [5.41, 5.74) is 2.98. The number of aromatic amines is 1. The van der Waals surface area contributed by atoms with E-state index in [0.29, 0.717) is 6.47 Å². The van der Waals surface area contributed by atoms with Crippen molar-refractivity contribution in [2.45, 2.75) is 32.3 Å². The second kappa shape index (κ2) is 6.54. The molecule has 0 radical (unpaired) electrons. The molecule has 1 saturated carbocycles. The molecule has 2 aliphatic carbocycles. The number of hydrogen-bond donors (Lipinski definition) is 1. The molecule has 1 aromatic heterocycles. The largest absolute Gasteiger partial charge is 0.461 e.